The van der Waals surface area contributed by atoms with Crippen LogP contribution in [0.2, 0.25) is 0 Å². The highest BCUT2D eigenvalue weighted by Gasteiger charge is 2.25. The van der Waals surface area contributed by atoms with Crippen LogP contribution >= 0.6 is 0 Å². The normalized spacial score (nSPS) is 12.0. The van der Waals surface area contributed by atoms with E-state index in [0.717, 1.165) is 12.0 Å². The van der Waals surface area contributed by atoms with Gasteiger partial charge >= 0.3 is 12.2 Å². The first-order chi connectivity index (χ1) is 12.2. The molecule has 1 aromatic carbocycles. The highest BCUT2D eigenvalue weighted by Crippen LogP contribution is 2.08. The van der Waals surface area contributed by atoms with E-state index in [2.05, 4.69) is 10.6 Å². The topological polar surface area (TPSA) is 93.7 Å². The van der Waals surface area contributed by atoms with Gasteiger partial charge in [0, 0.05) is 0 Å². The molecule has 7 nitrogen and oxygen atoms in total. The lowest BCUT2D eigenvalue weighted by atomic mass is 10.1. The molecule has 1 unspecified atom stereocenters. The summed E-state index contributed by atoms with van der Waals surface area (Å²) in [7, 11) is 0. The lowest BCUT2D eigenvalue weighted by Crippen LogP contribution is -2.49. The SMILES string of the molecule is CCCCC(NC(=O)OC(C)(C)C)C(=O)NC(=O)OCc1ccccc1. The largest absolute Gasteiger partial charge is 0.444 e. The number of rotatable bonds is 7. The molecule has 0 heterocycles. The van der Waals surface area contributed by atoms with E-state index in [1.54, 1.807) is 20.8 Å². The molecule has 0 aromatic heterocycles. The Kier molecular flexibility index (Phi) is 8.61. The van der Waals surface area contributed by atoms with Crippen LogP contribution in [-0.2, 0) is 20.9 Å². The minimum atomic E-state index is -0.867. The number of imide groups is 1. The number of unbranched alkanes of at least 4 members (excludes halogenated alkanes) is 1. The summed E-state index contributed by atoms with van der Waals surface area (Å²) in [6, 6.07) is 8.26. The summed E-state index contributed by atoms with van der Waals surface area (Å²) < 4.78 is 10.2. The Morgan fingerprint density at radius 1 is 1.08 bits per heavy atom. The van der Waals surface area contributed by atoms with Crippen LogP contribution < -0.4 is 10.6 Å². The summed E-state index contributed by atoms with van der Waals surface area (Å²) in [5.74, 6) is -0.623. The van der Waals surface area contributed by atoms with Crippen LogP contribution in [0.15, 0.2) is 30.3 Å². The van der Waals surface area contributed by atoms with Crippen LogP contribution in [0.1, 0.15) is 52.5 Å². The fraction of sp³-hybridized carbons (Fsp3) is 0.526. The van der Waals surface area contributed by atoms with Crippen molar-refractivity contribution in [1.29, 1.82) is 0 Å². The van der Waals surface area contributed by atoms with Crippen molar-refractivity contribution in [3.8, 4) is 0 Å². The average Bonchev–Trinajstić information content (AvgIpc) is 2.56. The van der Waals surface area contributed by atoms with Gasteiger partial charge in [-0.05, 0) is 32.8 Å². The van der Waals surface area contributed by atoms with Crippen molar-refractivity contribution in [2.75, 3.05) is 0 Å². The minimum absolute atomic E-state index is 0.0546. The molecule has 0 saturated heterocycles. The molecule has 0 aliphatic carbocycles. The molecule has 1 atom stereocenters. The average molecular weight is 364 g/mol. The Morgan fingerprint density at radius 2 is 1.73 bits per heavy atom. The summed E-state index contributed by atoms with van der Waals surface area (Å²) >= 11 is 0. The number of ether oxygens (including phenoxy) is 2. The smallest absolute Gasteiger partial charge is 0.414 e. The van der Waals surface area contributed by atoms with Gasteiger partial charge in [0.15, 0.2) is 0 Å². The first-order valence-electron chi connectivity index (χ1n) is 8.72. The molecule has 0 bridgehead atoms. The molecular formula is C19H28N2O5. The highest BCUT2D eigenvalue weighted by molar-refractivity contribution is 5.96. The van der Waals surface area contributed by atoms with E-state index in [1.807, 2.05) is 37.3 Å². The number of carbonyl (C=O) groups is 3. The molecule has 3 amide bonds. The molecule has 0 radical (unpaired) electrons. The first-order valence-corrected chi connectivity index (χ1v) is 8.72. The lowest BCUT2D eigenvalue weighted by Gasteiger charge is -2.23. The molecule has 2 N–H and O–H groups in total. The number of hydrogen-bond acceptors (Lipinski definition) is 5. The van der Waals surface area contributed by atoms with Gasteiger partial charge in [-0.1, -0.05) is 50.1 Å². The zero-order valence-corrected chi connectivity index (χ0v) is 15.8. The van der Waals surface area contributed by atoms with Crippen molar-refractivity contribution in [3.63, 3.8) is 0 Å². The van der Waals surface area contributed by atoms with Gasteiger partial charge in [-0.25, -0.2) is 9.59 Å². The third-order valence-corrected chi connectivity index (χ3v) is 3.29. The van der Waals surface area contributed by atoms with Gasteiger partial charge in [-0.2, -0.15) is 0 Å². The molecule has 0 aliphatic heterocycles. The molecule has 0 fully saturated rings. The van der Waals surface area contributed by atoms with Crippen molar-refractivity contribution in [2.45, 2.75) is 65.2 Å². The molecule has 144 valence electrons. The second-order valence-electron chi connectivity index (χ2n) is 6.89. The van der Waals surface area contributed by atoms with E-state index in [9.17, 15) is 14.4 Å². The van der Waals surface area contributed by atoms with Gasteiger partial charge < -0.3 is 14.8 Å². The van der Waals surface area contributed by atoms with E-state index in [4.69, 9.17) is 9.47 Å². The summed E-state index contributed by atoms with van der Waals surface area (Å²) in [6.07, 6.45) is 0.399. The van der Waals surface area contributed by atoms with E-state index < -0.39 is 29.7 Å². The predicted octanol–water partition coefficient (Wildman–Crippen LogP) is 3.52. The van der Waals surface area contributed by atoms with Crippen LogP contribution in [0, 0.1) is 0 Å². The second-order valence-corrected chi connectivity index (χ2v) is 6.89. The van der Waals surface area contributed by atoms with Crippen LogP contribution in [0.25, 0.3) is 0 Å². The van der Waals surface area contributed by atoms with E-state index >= 15 is 0 Å². The molecule has 1 rings (SSSR count). The second kappa shape index (κ2) is 10.4. The summed E-state index contributed by atoms with van der Waals surface area (Å²) in [5, 5.41) is 4.66. The molecule has 7 heteroatoms. The summed E-state index contributed by atoms with van der Waals surface area (Å²) in [5.41, 5.74) is 0.134. The maximum absolute atomic E-state index is 12.3. The Morgan fingerprint density at radius 3 is 2.31 bits per heavy atom. The number of benzene rings is 1. The van der Waals surface area contributed by atoms with Gasteiger partial charge in [-0.15, -0.1) is 0 Å². The number of carbonyl (C=O) groups excluding carboxylic acids is 3. The van der Waals surface area contributed by atoms with Crippen molar-refractivity contribution in [1.82, 2.24) is 10.6 Å². The Bertz CT molecular complexity index is 596. The predicted molar refractivity (Wildman–Crippen MR) is 97.5 cm³/mol. The van der Waals surface area contributed by atoms with Gasteiger partial charge in [0.05, 0.1) is 0 Å². The highest BCUT2D eigenvalue weighted by atomic mass is 16.6. The number of hydrogen-bond donors (Lipinski definition) is 2. The fourth-order valence-corrected chi connectivity index (χ4v) is 2.07. The van der Waals surface area contributed by atoms with Crippen molar-refractivity contribution in [3.05, 3.63) is 35.9 Å². The molecular weight excluding hydrogens is 336 g/mol. The Labute approximate surface area is 154 Å². The van der Waals surface area contributed by atoms with Gasteiger partial charge in [-0.3, -0.25) is 10.1 Å². The van der Waals surface area contributed by atoms with Crippen molar-refractivity contribution < 1.29 is 23.9 Å². The van der Waals surface area contributed by atoms with Gasteiger partial charge in [0.25, 0.3) is 5.91 Å². The van der Waals surface area contributed by atoms with Gasteiger partial charge in [0.1, 0.15) is 18.2 Å². The van der Waals surface area contributed by atoms with Crippen molar-refractivity contribution >= 4 is 18.1 Å². The zero-order valence-electron chi connectivity index (χ0n) is 15.8. The zero-order chi connectivity index (χ0) is 19.6. The first kappa shape index (κ1) is 21.5. The monoisotopic (exact) mass is 364 g/mol. The van der Waals surface area contributed by atoms with Crippen LogP contribution in [0.5, 0.6) is 0 Å². The van der Waals surface area contributed by atoms with E-state index in [0.29, 0.717) is 12.8 Å². The maximum atomic E-state index is 12.3. The molecule has 0 spiro atoms. The van der Waals surface area contributed by atoms with Crippen LogP contribution in [0.3, 0.4) is 0 Å². The van der Waals surface area contributed by atoms with Crippen LogP contribution in [0.4, 0.5) is 9.59 Å². The molecule has 0 saturated carbocycles. The summed E-state index contributed by atoms with van der Waals surface area (Å²) in [4.78, 5) is 36.0. The molecule has 26 heavy (non-hydrogen) atoms. The third-order valence-electron chi connectivity index (χ3n) is 3.29. The quantitative estimate of drug-likeness (QED) is 0.772. The number of nitrogens with one attached hydrogen (secondary N) is 2. The van der Waals surface area contributed by atoms with Crippen LogP contribution in [-0.4, -0.2) is 29.7 Å². The fourth-order valence-electron chi connectivity index (χ4n) is 2.07. The summed E-state index contributed by atoms with van der Waals surface area (Å²) in [6.45, 7) is 7.22. The van der Waals surface area contributed by atoms with E-state index in [-0.39, 0.29) is 6.61 Å². The third kappa shape index (κ3) is 9.05. The Balaban J connectivity index is 2.55. The lowest BCUT2D eigenvalue weighted by molar-refractivity contribution is -0.122. The Hall–Kier alpha value is -2.57. The van der Waals surface area contributed by atoms with Gasteiger partial charge in [0.2, 0.25) is 0 Å². The standard InChI is InChI=1S/C19H28N2O5/c1-5-6-12-15(20-18(24)26-19(2,3)4)16(22)21-17(23)25-13-14-10-8-7-9-11-14/h7-11,15H,5-6,12-13H2,1-4H3,(H,20,24)(H,21,22,23). The van der Waals surface area contributed by atoms with Crippen molar-refractivity contribution in [2.24, 2.45) is 0 Å². The minimum Gasteiger partial charge on any atom is -0.444 e. The van der Waals surface area contributed by atoms with E-state index in [1.165, 1.54) is 0 Å². The number of alkyl carbamates (subject to hydrolysis) is 2. The molecule has 0 aliphatic rings. The number of amides is 3. The molecule has 1 aromatic rings. The maximum Gasteiger partial charge on any atom is 0.414 e.